The summed E-state index contributed by atoms with van der Waals surface area (Å²) in [6.45, 7) is -0.0263. The van der Waals surface area contributed by atoms with Gasteiger partial charge in [-0.1, -0.05) is 0 Å². The molecule has 1 saturated carbocycles. The molecule has 0 radical (unpaired) electrons. The zero-order valence-corrected chi connectivity index (χ0v) is 8.12. The highest BCUT2D eigenvalue weighted by molar-refractivity contribution is 5.82. The van der Waals surface area contributed by atoms with Crippen molar-refractivity contribution in [2.45, 2.75) is 37.3 Å². The van der Waals surface area contributed by atoms with Gasteiger partial charge in [0, 0.05) is 6.42 Å². The number of aliphatic hydroxyl groups is 1. The van der Waals surface area contributed by atoms with Crippen LogP contribution in [0.15, 0.2) is 0 Å². The molecule has 0 bridgehead atoms. The second-order valence-electron chi connectivity index (χ2n) is 3.80. The molecule has 1 aliphatic carbocycles. The van der Waals surface area contributed by atoms with Crippen molar-refractivity contribution >= 4 is 5.91 Å². The average Bonchev–Trinajstić information content (AvgIpc) is 2.11. The molecule has 1 unspecified atom stereocenters. The van der Waals surface area contributed by atoms with Crippen molar-refractivity contribution in [3.63, 3.8) is 0 Å². The van der Waals surface area contributed by atoms with E-state index in [0.717, 1.165) is 19.3 Å². The average molecular weight is 196 g/mol. The Balaban J connectivity index is 2.43. The molecule has 78 valence electrons. The molecule has 0 heterocycles. The fourth-order valence-electron chi connectivity index (χ4n) is 1.50. The summed E-state index contributed by atoms with van der Waals surface area (Å²) < 4.78 is 0. The number of hydrogen-bond donors (Lipinski definition) is 3. The lowest BCUT2D eigenvalue weighted by molar-refractivity contribution is -0.126. The minimum Gasteiger partial charge on any atom is -0.394 e. The van der Waals surface area contributed by atoms with Crippen molar-refractivity contribution in [3.8, 4) is 12.3 Å². The lowest BCUT2D eigenvalue weighted by Gasteiger charge is -2.41. The number of aliphatic hydroxyl groups excluding tert-OH is 1. The Bertz CT molecular complexity index is 248. The quantitative estimate of drug-likeness (QED) is 0.524. The first-order valence-corrected chi connectivity index (χ1v) is 4.75. The lowest BCUT2D eigenvalue weighted by Crippen LogP contribution is -2.59. The Hall–Kier alpha value is -1.05. The fourth-order valence-corrected chi connectivity index (χ4v) is 1.50. The molecule has 0 aliphatic heterocycles. The second-order valence-corrected chi connectivity index (χ2v) is 3.80. The largest absolute Gasteiger partial charge is 0.394 e. The highest BCUT2D eigenvalue weighted by Crippen LogP contribution is 2.31. The van der Waals surface area contributed by atoms with Gasteiger partial charge < -0.3 is 16.2 Å². The fraction of sp³-hybridized carbons (Fsp3) is 0.700. The summed E-state index contributed by atoms with van der Waals surface area (Å²) in [5.74, 6) is 2.07. The van der Waals surface area contributed by atoms with Crippen LogP contribution in [0.2, 0.25) is 0 Å². The Morgan fingerprint density at radius 3 is 2.71 bits per heavy atom. The molecule has 1 rings (SSSR count). The van der Waals surface area contributed by atoms with E-state index in [2.05, 4.69) is 11.2 Å². The van der Waals surface area contributed by atoms with Gasteiger partial charge in [-0.15, -0.1) is 12.3 Å². The summed E-state index contributed by atoms with van der Waals surface area (Å²) in [5, 5.41) is 11.9. The van der Waals surface area contributed by atoms with Crippen LogP contribution in [-0.2, 0) is 4.79 Å². The molecule has 14 heavy (non-hydrogen) atoms. The smallest absolute Gasteiger partial charge is 0.238 e. The van der Waals surface area contributed by atoms with Crippen LogP contribution in [0.3, 0.4) is 0 Å². The second kappa shape index (κ2) is 4.45. The molecule has 4 N–H and O–H groups in total. The molecule has 0 aromatic carbocycles. The predicted molar refractivity (Wildman–Crippen MR) is 53.2 cm³/mol. The van der Waals surface area contributed by atoms with Gasteiger partial charge in [0.2, 0.25) is 5.91 Å². The number of terminal acetylenes is 1. The molecule has 4 nitrogen and oxygen atoms in total. The standard InChI is InChI=1S/C10H16N2O2/c1-2-4-8(11)9(14)12-10(7-13)5-3-6-10/h1,8,13H,3-7,11H2,(H,12,14). The van der Waals surface area contributed by atoms with E-state index >= 15 is 0 Å². The van der Waals surface area contributed by atoms with Gasteiger partial charge in [0.05, 0.1) is 18.2 Å². The third-order valence-electron chi connectivity index (χ3n) is 2.68. The van der Waals surface area contributed by atoms with Crippen LogP contribution in [0.4, 0.5) is 0 Å². The Morgan fingerprint density at radius 2 is 2.36 bits per heavy atom. The van der Waals surface area contributed by atoms with Crippen LogP contribution < -0.4 is 11.1 Å². The zero-order valence-electron chi connectivity index (χ0n) is 8.12. The number of carbonyl (C=O) groups is 1. The Labute approximate surface area is 83.9 Å². The van der Waals surface area contributed by atoms with E-state index in [-0.39, 0.29) is 18.9 Å². The number of nitrogens with two attached hydrogens (primary N) is 1. The van der Waals surface area contributed by atoms with Crippen molar-refractivity contribution in [2.75, 3.05) is 6.61 Å². The summed E-state index contributed by atoms with van der Waals surface area (Å²) in [4.78, 5) is 11.5. The number of hydrogen-bond acceptors (Lipinski definition) is 3. The molecule has 0 aromatic rings. The highest BCUT2D eigenvalue weighted by atomic mass is 16.3. The molecule has 1 fully saturated rings. The minimum absolute atomic E-state index is 0.0263. The zero-order chi connectivity index (χ0) is 10.6. The van der Waals surface area contributed by atoms with E-state index in [9.17, 15) is 4.79 Å². The Kier molecular flexibility index (Phi) is 3.50. The van der Waals surface area contributed by atoms with E-state index in [0.29, 0.717) is 0 Å². The van der Waals surface area contributed by atoms with Gasteiger partial charge in [-0.3, -0.25) is 4.79 Å². The van der Waals surface area contributed by atoms with E-state index in [1.54, 1.807) is 0 Å². The first-order valence-electron chi connectivity index (χ1n) is 4.75. The summed E-state index contributed by atoms with van der Waals surface area (Å²) in [7, 11) is 0. The van der Waals surface area contributed by atoms with Crippen molar-refractivity contribution in [3.05, 3.63) is 0 Å². The molecule has 1 atom stereocenters. The molecular weight excluding hydrogens is 180 g/mol. The highest BCUT2D eigenvalue weighted by Gasteiger charge is 2.38. The molecule has 4 heteroatoms. The van der Waals surface area contributed by atoms with Gasteiger partial charge in [0.25, 0.3) is 0 Å². The molecule has 1 aliphatic rings. The van der Waals surface area contributed by atoms with Gasteiger partial charge in [0.1, 0.15) is 0 Å². The van der Waals surface area contributed by atoms with Crippen LogP contribution in [-0.4, -0.2) is 29.2 Å². The van der Waals surface area contributed by atoms with E-state index in [1.807, 2.05) is 0 Å². The maximum Gasteiger partial charge on any atom is 0.238 e. The molecular formula is C10H16N2O2. The van der Waals surface area contributed by atoms with Crippen molar-refractivity contribution in [2.24, 2.45) is 5.73 Å². The Morgan fingerprint density at radius 1 is 1.71 bits per heavy atom. The van der Waals surface area contributed by atoms with Crippen molar-refractivity contribution in [1.29, 1.82) is 0 Å². The van der Waals surface area contributed by atoms with Gasteiger partial charge in [0.15, 0.2) is 0 Å². The third-order valence-corrected chi connectivity index (χ3v) is 2.68. The minimum atomic E-state index is -0.663. The number of carbonyl (C=O) groups excluding carboxylic acids is 1. The van der Waals surface area contributed by atoms with Crippen LogP contribution in [0.5, 0.6) is 0 Å². The summed E-state index contributed by atoms with van der Waals surface area (Å²) in [6, 6.07) is -0.663. The van der Waals surface area contributed by atoms with Crippen LogP contribution >= 0.6 is 0 Å². The number of nitrogens with one attached hydrogen (secondary N) is 1. The van der Waals surface area contributed by atoms with Crippen LogP contribution in [0.1, 0.15) is 25.7 Å². The van der Waals surface area contributed by atoms with Gasteiger partial charge in [-0.05, 0) is 19.3 Å². The molecule has 0 aromatic heterocycles. The van der Waals surface area contributed by atoms with E-state index in [4.69, 9.17) is 17.3 Å². The van der Waals surface area contributed by atoms with Gasteiger partial charge in [-0.2, -0.15) is 0 Å². The molecule has 0 saturated heterocycles. The molecule has 1 amide bonds. The molecule has 0 spiro atoms. The summed E-state index contributed by atoms with van der Waals surface area (Å²) in [5.41, 5.74) is 5.10. The monoisotopic (exact) mass is 196 g/mol. The van der Waals surface area contributed by atoms with Crippen LogP contribution in [0, 0.1) is 12.3 Å². The third kappa shape index (κ3) is 2.25. The lowest BCUT2D eigenvalue weighted by atomic mass is 9.77. The van der Waals surface area contributed by atoms with Gasteiger partial charge in [-0.25, -0.2) is 0 Å². The van der Waals surface area contributed by atoms with Crippen molar-refractivity contribution in [1.82, 2.24) is 5.32 Å². The van der Waals surface area contributed by atoms with Crippen molar-refractivity contribution < 1.29 is 9.90 Å². The summed E-state index contributed by atoms with van der Waals surface area (Å²) >= 11 is 0. The predicted octanol–water partition coefficient (Wildman–Crippen LogP) is -0.632. The maximum absolute atomic E-state index is 11.5. The first-order chi connectivity index (χ1) is 6.63. The number of amides is 1. The SMILES string of the molecule is C#CCC(N)C(=O)NC1(CO)CCC1. The first kappa shape index (κ1) is 11.0. The normalized spacial score (nSPS) is 20.4. The van der Waals surface area contributed by atoms with Crippen LogP contribution in [0.25, 0.3) is 0 Å². The van der Waals surface area contributed by atoms with E-state index < -0.39 is 11.6 Å². The maximum atomic E-state index is 11.5. The van der Waals surface area contributed by atoms with E-state index in [1.165, 1.54) is 0 Å². The number of rotatable bonds is 4. The topological polar surface area (TPSA) is 75.4 Å². The van der Waals surface area contributed by atoms with Gasteiger partial charge >= 0.3 is 0 Å². The summed E-state index contributed by atoms with van der Waals surface area (Å²) in [6.07, 6.45) is 7.95.